The van der Waals surface area contributed by atoms with Crippen LogP contribution in [0.2, 0.25) is 0 Å². The number of aromatic nitrogens is 1. The molecule has 66 valence electrons. The molecule has 0 unspecified atom stereocenters. The van der Waals surface area contributed by atoms with Gasteiger partial charge in [-0.1, -0.05) is 0 Å². The Morgan fingerprint density at radius 3 is 2.75 bits per heavy atom. The second-order valence-corrected chi connectivity index (χ2v) is 2.63. The van der Waals surface area contributed by atoms with Crippen LogP contribution in [0.3, 0.4) is 0 Å². The molecule has 0 aliphatic heterocycles. The van der Waals surface area contributed by atoms with Crippen molar-refractivity contribution in [1.82, 2.24) is 4.57 Å². The Morgan fingerprint density at radius 1 is 1.58 bits per heavy atom. The zero-order valence-electron chi connectivity index (χ0n) is 6.95. The van der Waals surface area contributed by atoms with Crippen LogP contribution in [0.15, 0.2) is 16.9 Å². The lowest BCUT2D eigenvalue weighted by atomic mass is 10.3. The van der Waals surface area contributed by atoms with Gasteiger partial charge in [0.15, 0.2) is 0 Å². The summed E-state index contributed by atoms with van der Waals surface area (Å²) in [5, 5.41) is 9.04. The molecule has 12 heavy (non-hydrogen) atoms. The Hall–Kier alpha value is -1.29. The Bertz CT molecular complexity index is 330. The van der Waals surface area contributed by atoms with Crippen LogP contribution in [0, 0.1) is 6.92 Å². The van der Waals surface area contributed by atoms with E-state index in [1.165, 1.54) is 16.7 Å². The highest BCUT2D eigenvalue weighted by Crippen LogP contribution is 2.05. The summed E-state index contributed by atoms with van der Waals surface area (Å²) in [5.41, 5.74) is 5.83. The number of hydrogen-bond donors (Lipinski definition) is 2. The van der Waals surface area contributed by atoms with Crippen LogP contribution in [0.4, 0.5) is 0 Å². The number of pyridine rings is 1. The van der Waals surface area contributed by atoms with E-state index in [0.29, 0.717) is 13.1 Å². The third-order valence-electron chi connectivity index (χ3n) is 1.67. The van der Waals surface area contributed by atoms with Gasteiger partial charge in [0.25, 0.3) is 5.56 Å². The topological polar surface area (TPSA) is 68.2 Å². The molecule has 3 N–H and O–H groups in total. The normalized spacial score (nSPS) is 10.2. The maximum Gasteiger partial charge on any atom is 0.254 e. The molecule has 0 aliphatic carbocycles. The van der Waals surface area contributed by atoms with E-state index in [4.69, 9.17) is 10.8 Å². The van der Waals surface area contributed by atoms with E-state index in [2.05, 4.69) is 0 Å². The van der Waals surface area contributed by atoms with Crippen LogP contribution in [-0.2, 0) is 6.54 Å². The molecular formula is C8H12N2O2. The van der Waals surface area contributed by atoms with Gasteiger partial charge in [0.1, 0.15) is 5.75 Å². The number of nitrogens with zero attached hydrogens (tertiary/aromatic N) is 1. The summed E-state index contributed by atoms with van der Waals surface area (Å²) < 4.78 is 1.53. The molecule has 0 atom stereocenters. The average molecular weight is 168 g/mol. The van der Waals surface area contributed by atoms with E-state index in [1.54, 1.807) is 6.92 Å². The number of nitrogens with two attached hydrogens (primary N) is 1. The average Bonchev–Trinajstić information content (AvgIpc) is 1.96. The van der Waals surface area contributed by atoms with Crippen molar-refractivity contribution in [3.8, 4) is 5.75 Å². The van der Waals surface area contributed by atoms with E-state index in [9.17, 15) is 4.79 Å². The van der Waals surface area contributed by atoms with Gasteiger partial charge in [0, 0.05) is 24.8 Å². The summed E-state index contributed by atoms with van der Waals surface area (Å²) in [6, 6.07) is 2.72. The Morgan fingerprint density at radius 2 is 2.25 bits per heavy atom. The molecule has 0 saturated heterocycles. The van der Waals surface area contributed by atoms with E-state index in [-0.39, 0.29) is 11.3 Å². The number of aryl methyl sites for hydroxylation is 1. The summed E-state index contributed by atoms with van der Waals surface area (Å²) in [7, 11) is 0. The molecule has 0 amide bonds. The standard InChI is InChI=1S/C8H12N2O2/c1-6-4-7(11)5-8(12)10(6)3-2-9/h4-5,11H,2-3,9H2,1H3. The monoisotopic (exact) mass is 168 g/mol. The van der Waals surface area contributed by atoms with Crippen LogP contribution in [0.25, 0.3) is 0 Å². The van der Waals surface area contributed by atoms with Gasteiger partial charge >= 0.3 is 0 Å². The molecule has 0 aliphatic rings. The Kier molecular flexibility index (Phi) is 2.50. The lowest BCUT2D eigenvalue weighted by Gasteiger charge is -2.07. The third-order valence-corrected chi connectivity index (χ3v) is 1.67. The third kappa shape index (κ3) is 1.65. The van der Waals surface area contributed by atoms with Gasteiger partial charge in [0.2, 0.25) is 0 Å². The molecule has 0 spiro atoms. The minimum atomic E-state index is -0.210. The highest BCUT2D eigenvalue weighted by atomic mass is 16.3. The molecule has 0 bridgehead atoms. The number of aromatic hydroxyl groups is 1. The molecule has 1 heterocycles. The fraction of sp³-hybridized carbons (Fsp3) is 0.375. The number of hydrogen-bond acceptors (Lipinski definition) is 3. The predicted octanol–water partition coefficient (Wildman–Crippen LogP) is -0.179. The lowest BCUT2D eigenvalue weighted by Crippen LogP contribution is -2.24. The van der Waals surface area contributed by atoms with Gasteiger partial charge < -0.3 is 15.4 Å². The first kappa shape index (κ1) is 8.80. The summed E-state index contributed by atoms with van der Waals surface area (Å²) >= 11 is 0. The highest BCUT2D eigenvalue weighted by molar-refractivity contribution is 5.21. The van der Waals surface area contributed by atoms with Crippen LogP contribution < -0.4 is 11.3 Å². The van der Waals surface area contributed by atoms with E-state index in [1.807, 2.05) is 0 Å². The second kappa shape index (κ2) is 3.40. The Labute approximate surface area is 70.3 Å². The molecule has 0 fully saturated rings. The van der Waals surface area contributed by atoms with Crippen molar-refractivity contribution >= 4 is 0 Å². The van der Waals surface area contributed by atoms with Crippen LogP contribution in [0.5, 0.6) is 5.75 Å². The molecule has 0 saturated carbocycles. The number of rotatable bonds is 2. The van der Waals surface area contributed by atoms with Gasteiger partial charge in [-0.05, 0) is 13.0 Å². The molecule has 1 aromatic rings. The first-order chi connectivity index (χ1) is 5.65. The van der Waals surface area contributed by atoms with Gasteiger partial charge in [-0.2, -0.15) is 0 Å². The van der Waals surface area contributed by atoms with Gasteiger partial charge in [0.05, 0.1) is 0 Å². The van der Waals surface area contributed by atoms with Crippen molar-refractivity contribution in [2.24, 2.45) is 5.73 Å². The maximum atomic E-state index is 11.2. The second-order valence-electron chi connectivity index (χ2n) is 2.63. The predicted molar refractivity (Wildman–Crippen MR) is 46.2 cm³/mol. The van der Waals surface area contributed by atoms with Crippen LogP contribution in [-0.4, -0.2) is 16.2 Å². The first-order valence-electron chi connectivity index (χ1n) is 3.75. The van der Waals surface area contributed by atoms with Gasteiger partial charge in [-0.3, -0.25) is 4.79 Å². The summed E-state index contributed by atoms with van der Waals surface area (Å²) in [6.45, 7) is 2.67. The zero-order chi connectivity index (χ0) is 9.14. The van der Waals surface area contributed by atoms with Crippen LogP contribution in [0.1, 0.15) is 5.69 Å². The fourth-order valence-electron chi connectivity index (χ4n) is 1.13. The van der Waals surface area contributed by atoms with Crippen molar-refractivity contribution in [3.63, 3.8) is 0 Å². The minimum Gasteiger partial charge on any atom is -0.508 e. The molecule has 0 radical (unpaired) electrons. The molecule has 4 heteroatoms. The summed E-state index contributed by atoms with van der Waals surface area (Å²) in [5.74, 6) is 0.00534. The van der Waals surface area contributed by atoms with Crippen molar-refractivity contribution in [2.45, 2.75) is 13.5 Å². The molecule has 0 aromatic carbocycles. The van der Waals surface area contributed by atoms with Crippen LogP contribution >= 0.6 is 0 Å². The molecule has 1 rings (SSSR count). The van der Waals surface area contributed by atoms with E-state index < -0.39 is 0 Å². The molecular weight excluding hydrogens is 156 g/mol. The summed E-state index contributed by atoms with van der Waals surface area (Å²) in [4.78, 5) is 11.2. The molecule has 1 aromatic heterocycles. The minimum absolute atomic E-state index is 0.00534. The van der Waals surface area contributed by atoms with Crippen molar-refractivity contribution < 1.29 is 5.11 Å². The first-order valence-corrected chi connectivity index (χ1v) is 3.75. The van der Waals surface area contributed by atoms with Gasteiger partial charge in [-0.25, -0.2) is 0 Å². The largest absolute Gasteiger partial charge is 0.508 e. The molecule has 4 nitrogen and oxygen atoms in total. The SMILES string of the molecule is Cc1cc(O)cc(=O)n1CCN. The Balaban J connectivity index is 3.19. The fourth-order valence-corrected chi connectivity index (χ4v) is 1.13. The quantitative estimate of drug-likeness (QED) is 0.643. The lowest BCUT2D eigenvalue weighted by molar-refractivity contribution is 0.469. The maximum absolute atomic E-state index is 11.2. The van der Waals surface area contributed by atoms with E-state index >= 15 is 0 Å². The smallest absolute Gasteiger partial charge is 0.254 e. The van der Waals surface area contributed by atoms with Crippen molar-refractivity contribution in [3.05, 3.63) is 28.2 Å². The highest BCUT2D eigenvalue weighted by Gasteiger charge is 2.00. The van der Waals surface area contributed by atoms with Crippen molar-refractivity contribution in [2.75, 3.05) is 6.54 Å². The van der Waals surface area contributed by atoms with Crippen molar-refractivity contribution in [1.29, 1.82) is 0 Å². The van der Waals surface area contributed by atoms with Gasteiger partial charge in [-0.15, -0.1) is 0 Å². The summed E-state index contributed by atoms with van der Waals surface area (Å²) in [6.07, 6.45) is 0. The zero-order valence-corrected chi connectivity index (χ0v) is 6.95. The van der Waals surface area contributed by atoms with E-state index in [0.717, 1.165) is 5.69 Å².